The van der Waals surface area contributed by atoms with Crippen molar-refractivity contribution < 1.29 is 9.90 Å². The lowest BCUT2D eigenvalue weighted by molar-refractivity contribution is -0.115. The summed E-state index contributed by atoms with van der Waals surface area (Å²) in [5, 5.41) is 11.7. The first kappa shape index (κ1) is 13.0. The van der Waals surface area contributed by atoms with Crippen molar-refractivity contribution in [3.8, 4) is 0 Å². The van der Waals surface area contributed by atoms with Gasteiger partial charge in [0, 0.05) is 24.8 Å². The zero-order valence-electron chi connectivity index (χ0n) is 10.5. The molecule has 1 aromatic rings. The average Bonchev–Trinajstić information content (AvgIpc) is 2.68. The van der Waals surface area contributed by atoms with Crippen LogP contribution in [0, 0.1) is 0 Å². The van der Waals surface area contributed by atoms with Gasteiger partial charge in [-0.2, -0.15) is 0 Å². The fourth-order valence-electron chi connectivity index (χ4n) is 2.22. The standard InChI is InChI=1S/C13H19N3O2/c1-16(7-11(14)8-17)6-9-2-3-12-10(4-9)5-13(18)15-12/h2-4,11,17H,5-8,14H2,1H3,(H,15,18). The Bertz CT molecular complexity index is 448. The molecule has 18 heavy (non-hydrogen) atoms. The number of hydrogen-bond acceptors (Lipinski definition) is 4. The third-order valence-electron chi connectivity index (χ3n) is 3.03. The van der Waals surface area contributed by atoms with Crippen LogP contribution in [0.4, 0.5) is 5.69 Å². The average molecular weight is 249 g/mol. The first-order chi connectivity index (χ1) is 8.58. The number of aliphatic hydroxyl groups excluding tert-OH is 1. The van der Waals surface area contributed by atoms with Gasteiger partial charge in [-0.25, -0.2) is 0 Å². The zero-order valence-corrected chi connectivity index (χ0v) is 10.5. The lowest BCUT2D eigenvalue weighted by Crippen LogP contribution is -2.37. The number of carbonyl (C=O) groups excluding carboxylic acids is 1. The molecule has 2 rings (SSSR count). The Balaban J connectivity index is 1.98. The molecule has 0 bridgehead atoms. The summed E-state index contributed by atoms with van der Waals surface area (Å²) in [6.07, 6.45) is 0.461. The molecule has 1 amide bonds. The maximum Gasteiger partial charge on any atom is 0.228 e. The lowest BCUT2D eigenvalue weighted by atomic mass is 10.1. The fraction of sp³-hybridized carbons (Fsp3) is 0.462. The zero-order chi connectivity index (χ0) is 13.1. The Morgan fingerprint density at radius 3 is 3.06 bits per heavy atom. The van der Waals surface area contributed by atoms with Crippen LogP contribution in [-0.2, 0) is 17.8 Å². The van der Waals surface area contributed by atoms with E-state index in [9.17, 15) is 4.79 Å². The highest BCUT2D eigenvalue weighted by molar-refractivity contribution is 5.99. The minimum absolute atomic E-state index is 0.00699. The van der Waals surface area contributed by atoms with Crippen molar-refractivity contribution in [3.63, 3.8) is 0 Å². The van der Waals surface area contributed by atoms with Crippen LogP contribution < -0.4 is 11.1 Å². The molecule has 1 aromatic carbocycles. The number of benzene rings is 1. The first-order valence-electron chi connectivity index (χ1n) is 6.05. The molecule has 4 N–H and O–H groups in total. The summed E-state index contributed by atoms with van der Waals surface area (Å²) in [4.78, 5) is 13.3. The number of hydrogen-bond donors (Lipinski definition) is 3. The van der Waals surface area contributed by atoms with E-state index in [4.69, 9.17) is 10.8 Å². The molecule has 1 unspecified atom stereocenters. The highest BCUT2D eigenvalue weighted by Gasteiger charge is 2.17. The maximum atomic E-state index is 11.3. The van der Waals surface area contributed by atoms with E-state index in [2.05, 4.69) is 10.2 Å². The predicted octanol–water partition coefficient (Wildman–Crippen LogP) is -0.0674. The van der Waals surface area contributed by atoms with Crippen molar-refractivity contribution in [2.24, 2.45) is 5.73 Å². The molecule has 0 aromatic heterocycles. The van der Waals surface area contributed by atoms with Crippen molar-refractivity contribution in [3.05, 3.63) is 29.3 Å². The van der Waals surface area contributed by atoms with Crippen molar-refractivity contribution in [1.29, 1.82) is 0 Å². The summed E-state index contributed by atoms with van der Waals surface area (Å²) < 4.78 is 0. The van der Waals surface area contributed by atoms with Crippen LogP contribution in [0.25, 0.3) is 0 Å². The van der Waals surface area contributed by atoms with Crippen LogP contribution in [0.15, 0.2) is 18.2 Å². The fourth-order valence-corrected chi connectivity index (χ4v) is 2.22. The molecule has 1 aliphatic rings. The summed E-state index contributed by atoms with van der Waals surface area (Å²) in [6.45, 7) is 1.40. The van der Waals surface area contributed by atoms with E-state index in [0.717, 1.165) is 23.4 Å². The van der Waals surface area contributed by atoms with Gasteiger partial charge in [0.05, 0.1) is 13.0 Å². The topological polar surface area (TPSA) is 78.6 Å². The van der Waals surface area contributed by atoms with Crippen molar-refractivity contribution in [2.75, 3.05) is 25.5 Å². The van der Waals surface area contributed by atoms with Gasteiger partial charge in [0.15, 0.2) is 0 Å². The molecule has 98 valence electrons. The van der Waals surface area contributed by atoms with Gasteiger partial charge in [0.25, 0.3) is 0 Å². The molecule has 5 heteroatoms. The Morgan fingerprint density at radius 1 is 1.56 bits per heavy atom. The molecular weight excluding hydrogens is 230 g/mol. The van der Waals surface area contributed by atoms with Gasteiger partial charge in [-0.1, -0.05) is 12.1 Å². The molecule has 1 aliphatic heterocycles. The van der Waals surface area contributed by atoms with Crippen molar-refractivity contribution in [1.82, 2.24) is 4.90 Å². The SMILES string of the molecule is CN(Cc1ccc2c(c1)CC(=O)N2)CC(N)CO. The number of fused-ring (bicyclic) bond motifs is 1. The Kier molecular flexibility index (Phi) is 3.96. The molecule has 1 atom stereocenters. The second-order valence-electron chi connectivity index (χ2n) is 4.86. The molecule has 0 aliphatic carbocycles. The number of carbonyl (C=O) groups is 1. The minimum Gasteiger partial charge on any atom is -0.395 e. The Hall–Kier alpha value is -1.43. The normalized spacial score (nSPS) is 15.7. The molecule has 0 saturated carbocycles. The quantitative estimate of drug-likeness (QED) is 0.682. The predicted molar refractivity (Wildman–Crippen MR) is 70.2 cm³/mol. The van der Waals surface area contributed by atoms with Gasteiger partial charge >= 0.3 is 0 Å². The van der Waals surface area contributed by atoms with E-state index < -0.39 is 0 Å². The van der Waals surface area contributed by atoms with Crippen LogP contribution in [0.3, 0.4) is 0 Å². The lowest BCUT2D eigenvalue weighted by Gasteiger charge is -2.20. The number of amides is 1. The molecule has 0 saturated heterocycles. The molecular formula is C13H19N3O2. The summed E-state index contributed by atoms with van der Waals surface area (Å²) in [6, 6.07) is 5.78. The second-order valence-corrected chi connectivity index (χ2v) is 4.86. The van der Waals surface area contributed by atoms with E-state index in [-0.39, 0.29) is 18.6 Å². The Labute approximate surface area is 107 Å². The smallest absolute Gasteiger partial charge is 0.228 e. The van der Waals surface area contributed by atoms with Crippen molar-refractivity contribution >= 4 is 11.6 Å². The monoisotopic (exact) mass is 249 g/mol. The molecule has 0 spiro atoms. The number of nitrogens with one attached hydrogen (secondary N) is 1. The number of nitrogens with zero attached hydrogens (tertiary/aromatic N) is 1. The summed E-state index contributed by atoms with van der Waals surface area (Å²) >= 11 is 0. The van der Waals surface area contributed by atoms with Gasteiger partial charge < -0.3 is 21.1 Å². The van der Waals surface area contributed by atoms with Gasteiger partial charge in [-0.15, -0.1) is 0 Å². The third kappa shape index (κ3) is 3.07. The van der Waals surface area contributed by atoms with Crippen LogP contribution in [0.1, 0.15) is 11.1 Å². The van der Waals surface area contributed by atoms with E-state index in [0.29, 0.717) is 13.0 Å². The van der Waals surface area contributed by atoms with Gasteiger partial charge in [-0.05, 0) is 24.2 Å². The van der Waals surface area contributed by atoms with Gasteiger partial charge in [0.2, 0.25) is 5.91 Å². The van der Waals surface area contributed by atoms with E-state index >= 15 is 0 Å². The number of rotatable bonds is 5. The molecule has 5 nitrogen and oxygen atoms in total. The summed E-state index contributed by atoms with van der Waals surface area (Å²) in [5.74, 6) is 0.0535. The largest absolute Gasteiger partial charge is 0.395 e. The highest BCUT2D eigenvalue weighted by atomic mass is 16.3. The van der Waals surface area contributed by atoms with Crippen molar-refractivity contribution in [2.45, 2.75) is 19.0 Å². The van der Waals surface area contributed by atoms with E-state index in [1.165, 1.54) is 0 Å². The van der Waals surface area contributed by atoms with E-state index in [1.54, 1.807) is 0 Å². The number of nitrogens with two attached hydrogens (primary N) is 1. The second kappa shape index (κ2) is 5.48. The number of anilines is 1. The van der Waals surface area contributed by atoms with E-state index in [1.807, 2.05) is 25.2 Å². The third-order valence-corrected chi connectivity index (χ3v) is 3.03. The molecule has 0 fully saturated rings. The van der Waals surface area contributed by atoms with Crippen LogP contribution in [0.5, 0.6) is 0 Å². The van der Waals surface area contributed by atoms with Gasteiger partial charge in [-0.3, -0.25) is 4.79 Å². The summed E-state index contributed by atoms with van der Waals surface area (Å²) in [5.41, 5.74) is 8.81. The van der Waals surface area contributed by atoms with Gasteiger partial charge in [0.1, 0.15) is 0 Å². The summed E-state index contributed by atoms with van der Waals surface area (Å²) in [7, 11) is 1.96. The molecule has 1 heterocycles. The number of likely N-dealkylation sites (N-methyl/N-ethyl adjacent to an activating group) is 1. The first-order valence-corrected chi connectivity index (χ1v) is 6.05. The Morgan fingerprint density at radius 2 is 2.33 bits per heavy atom. The van der Waals surface area contributed by atoms with Crippen LogP contribution in [-0.4, -0.2) is 42.2 Å². The molecule has 0 radical (unpaired) electrons. The minimum atomic E-state index is -0.215. The maximum absolute atomic E-state index is 11.3. The van der Waals surface area contributed by atoms with Crippen LogP contribution >= 0.6 is 0 Å². The van der Waals surface area contributed by atoms with Crippen LogP contribution in [0.2, 0.25) is 0 Å². The number of aliphatic hydroxyl groups is 1. The highest BCUT2D eigenvalue weighted by Crippen LogP contribution is 2.24.